The first-order chi connectivity index (χ1) is 11.3. The third kappa shape index (κ3) is 3.37. The molecule has 0 bridgehead atoms. The number of sulfonamides is 2. The third-order valence-electron chi connectivity index (χ3n) is 3.65. The van der Waals surface area contributed by atoms with Gasteiger partial charge in [0.1, 0.15) is 4.21 Å². The summed E-state index contributed by atoms with van der Waals surface area (Å²) < 4.78 is 53.4. The van der Waals surface area contributed by atoms with Crippen LogP contribution < -0.4 is 0 Å². The fourth-order valence-corrected chi connectivity index (χ4v) is 6.91. The van der Waals surface area contributed by atoms with Crippen LogP contribution in [0.3, 0.4) is 0 Å². The van der Waals surface area contributed by atoms with Crippen LogP contribution in [0, 0.1) is 0 Å². The number of aromatic nitrogens is 2. The fourth-order valence-electron chi connectivity index (χ4n) is 2.44. The Balaban J connectivity index is 1.78. The first-order valence-corrected chi connectivity index (χ1v) is 11.1. The molecule has 0 aromatic carbocycles. The third-order valence-corrected chi connectivity index (χ3v) is 9.07. The van der Waals surface area contributed by atoms with Gasteiger partial charge in [-0.25, -0.2) is 21.8 Å². The largest absolute Gasteiger partial charge is 0.335 e. The van der Waals surface area contributed by atoms with Crippen LogP contribution in [-0.2, 0) is 20.0 Å². The lowest BCUT2D eigenvalue weighted by Gasteiger charge is -2.20. The Morgan fingerprint density at radius 3 is 2.25 bits per heavy atom. The number of nitrogens with one attached hydrogen (secondary N) is 1. The van der Waals surface area contributed by atoms with Crippen molar-refractivity contribution in [3.63, 3.8) is 0 Å². The molecule has 12 heteroatoms. The number of rotatable bonds is 4. The predicted octanol–water partition coefficient (Wildman–Crippen LogP) is 1.21. The van der Waals surface area contributed by atoms with Gasteiger partial charge in [-0.15, -0.1) is 11.3 Å². The molecule has 1 fully saturated rings. The molecule has 0 aliphatic carbocycles. The summed E-state index contributed by atoms with van der Waals surface area (Å²) in [5.74, 6) is 0. The maximum Gasteiger partial charge on any atom is 0.260 e. The van der Waals surface area contributed by atoms with Crippen molar-refractivity contribution < 1.29 is 16.8 Å². The average Bonchev–Trinajstić information content (AvgIpc) is 3.14. The minimum atomic E-state index is -3.70. The smallest absolute Gasteiger partial charge is 0.260 e. The van der Waals surface area contributed by atoms with Gasteiger partial charge in [0, 0.05) is 26.2 Å². The zero-order valence-corrected chi connectivity index (χ0v) is 15.6. The van der Waals surface area contributed by atoms with Gasteiger partial charge in [-0.3, -0.25) is 0 Å². The molecule has 2 aromatic heterocycles. The molecule has 0 spiro atoms. The highest BCUT2D eigenvalue weighted by Crippen LogP contribution is 2.29. The molecule has 0 atom stereocenters. The second-order valence-corrected chi connectivity index (χ2v) is 10.9. The molecule has 3 heterocycles. The van der Waals surface area contributed by atoms with Gasteiger partial charge in [0.2, 0.25) is 0 Å². The second kappa shape index (κ2) is 6.73. The molecule has 2 aromatic rings. The molecule has 8 nitrogen and oxygen atoms in total. The van der Waals surface area contributed by atoms with Gasteiger partial charge in [0.15, 0.2) is 5.03 Å². The summed E-state index contributed by atoms with van der Waals surface area (Å²) in [6.45, 7) is 0.677. The highest BCUT2D eigenvalue weighted by Gasteiger charge is 2.32. The maximum absolute atomic E-state index is 12.6. The second-order valence-electron chi connectivity index (χ2n) is 5.14. The van der Waals surface area contributed by atoms with E-state index in [0.717, 1.165) is 11.3 Å². The Morgan fingerprint density at radius 1 is 1.04 bits per heavy atom. The van der Waals surface area contributed by atoms with E-state index in [0.29, 0.717) is 10.8 Å². The number of imidazole rings is 1. The highest BCUT2D eigenvalue weighted by molar-refractivity contribution is 7.91. The predicted molar refractivity (Wildman–Crippen MR) is 90.1 cm³/mol. The van der Waals surface area contributed by atoms with Gasteiger partial charge in [-0.1, -0.05) is 11.6 Å². The normalized spacial score (nSPS) is 18.5. The molecule has 132 valence electrons. The zero-order chi connectivity index (χ0) is 17.4. The summed E-state index contributed by atoms with van der Waals surface area (Å²) in [6, 6.07) is 3.00. The van der Waals surface area contributed by atoms with Gasteiger partial charge in [-0.05, 0) is 18.6 Å². The summed E-state index contributed by atoms with van der Waals surface area (Å²) in [6.07, 6.45) is 2.94. The van der Waals surface area contributed by atoms with Crippen molar-refractivity contribution in [2.75, 3.05) is 26.2 Å². The quantitative estimate of drug-likeness (QED) is 0.815. The number of hydrogen-bond donors (Lipinski definition) is 1. The van der Waals surface area contributed by atoms with E-state index in [4.69, 9.17) is 11.6 Å². The molecule has 24 heavy (non-hydrogen) atoms. The van der Waals surface area contributed by atoms with Crippen LogP contribution in [0.2, 0.25) is 4.34 Å². The fraction of sp³-hybridized carbons (Fsp3) is 0.417. The SMILES string of the molecule is O=S(=O)(c1cnc[nH]1)N1CCCN(S(=O)(=O)c2ccc(Cl)s2)CC1. The summed E-state index contributed by atoms with van der Waals surface area (Å²) in [4.78, 5) is 6.30. The topological polar surface area (TPSA) is 103 Å². The lowest BCUT2D eigenvalue weighted by atomic mass is 10.4. The van der Waals surface area contributed by atoms with Crippen molar-refractivity contribution in [1.82, 2.24) is 18.6 Å². The minimum Gasteiger partial charge on any atom is -0.335 e. The van der Waals surface area contributed by atoms with E-state index in [-0.39, 0.29) is 35.4 Å². The Bertz CT molecular complexity index is 908. The van der Waals surface area contributed by atoms with Crippen molar-refractivity contribution in [1.29, 1.82) is 0 Å². The number of H-pyrrole nitrogens is 1. The van der Waals surface area contributed by atoms with Crippen LogP contribution in [0.25, 0.3) is 0 Å². The van der Waals surface area contributed by atoms with Crippen molar-refractivity contribution in [2.24, 2.45) is 0 Å². The van der Waals surface area contributed by atoms with Crippen LogP contribution in [0.5, 0.6) is 0 Å². The van der Waals surface area contributed by atoms with E-state index in [9.17, 15) is 16.8 Å². The van der Waals surface area contributed by atoms with E-state index in [2.05, 4.69) is 9.97 Å². The van der Waals surface area contributed by atoms with Gasteiger partial charge >= 0.3 is 0 Å². The Hall–Kier alpha value is -0.980. The van der Waals surface area contributed by atoms with Gasteiger partial charge in [0.05, 0.1) is 16.9 Å². The molecule has 0 amide bonds. The van der Waals surface area contributed by atoms with Crippen molar-refractivity contribution in [3.8, 4) is 0 Å². The molecular formula is C12H15ClN4O4S3. The molecule has 0 saturated carbocycles. The van der Waals surface area contributed by atoms with E-state index in [1.807, 2.05) is 0 Å². The first-order valence-electron chi connectivity index (χ1n) is 7.06. The molecule has 0 unspecified atom stereocenters. The number of hydrogen-bond acceptors (Lipinski definition) is 6. The Labute approximate surface area is 149 Å². The minimum absolute atomic E-state index is 0.00356. The summed E-state index contributed by atoms with van der Waals surface area (Å²) in [7, 11) is -7.36. The first kappa shape index (κ1) is 17.8. The van der Waals surface area contributed by atoms with Gasteiger partial charge in [0.25, 0.3) is 20.0 Å². The van der Waals surface area contributed by atoms with Crippen molar-refractivity contribution in [2.45, 2.75) is 15.7 Å². The summed E-state index contributed by atoms with van der Waals surface area (Å²) in [5.41, 5.74) is 0. The van der Waals surface area contributed by atoms with E-state index < -0.39 is 20.0 Å². The monoisotopic (exact) mass is 410 g/mol. The molecule has 3 rings (SSSR count). The molecule has 0 radical (unpaired) electrons. The van der Waals surface area contributed by atoms with Crippen LogP contribution >= 0.6 is 22.9 Å². The maximum atomic E-state index is 12.6. The van der Waals surface area contributed by atoms with Crippen LogP contribution in [0.1, 0.15) is 6.42 Å². The molecule has 1 aliphatic heterocycles. The van der Waals surface area contributed by atoms with Crippen LogP contribution in [-0.4, -0.2) is 61.6 Å². The van der Waals surface area contributed by atoms with Gasteiger partial charge in [-0.2, -0.15) is 8.61 Å². The average molecular weight is 411 g/mol. The summed E-state index contributed by atoms with van der Waals surface area (Å²) in [5, 5.41) is 0.00356. The van der Waals surface area contributed by atoms with E-state index in [1.165, 1.54) is 33.3 Å². The number of thiophene rings is 1. The summed E-state index contributed by atoms with van der Waals surface area (Å²) >= 11 is 6.81. The Morgan fingerprint density at radius 2 is 1.71 bits per heavy atom. The lowest BCUT2D eigenvalue weighted by molar-refractivity contribution is 0.404. The zero-order valence-electron chi connectivity index (χ0n) is 12.4. The van der Waals surface area contributed by atoms with Crippen LogP contribution in [0.4, 0.5) is 0 Å². The Kier molecular flexibility index (Phi) is 5.00. The van der Waals surface area contributed by atoms with Crippen LogP contribution in [0.15, 0.2) is 33.9 Å². The van der Waals surface area contributed by atoms with Crippen molar-refractivity contribution >= 4 is 43.0 Å². The van der Waals surface area contributed by atoms with E-state index in [1.54, 1.807) is 0 Å². The molecule has 1 saturated heterocycles. The molecular weight excluding hydrogens is 396 g/mol. The lowest BCUT2D eigenvalue weighted by Crippen LogP contribution is -2.37. The highest BCUT2D eigenvalue weighted by atomic mass is 35.5. The number of halogens is 1. The van der Waals surface area contributed by atoms with Gasteiger partial charge < -0.3 is 4.98 Å². The standard InChI is InChI=1S/C12H15ClN4O4S3/c13-10-2-3-12(22-10)24(20,21)17-5-1-4-16(6-7-17)23(18,19)11-8-14-9-15-11/h2-3,8-9H,1,4-7H2,(H,14,15). The van der Waals surface area contributed by atoms with Crippen molar-refractivity contribution in [3.05, 3.63) is 29.0 Å². The number of aromatic amines is 1. The molecule has 1 aliphatic rings. The molecule has 1 N–H and O–H groups in total. The number of nitrogens with zero attached hydrogens (tertiary/aromatic N) is 3. The van der Waals surface area contributed by atoms with E-state index >= 15 is 0 Å².